The lowest BCUT2D eigenvalue weighted by molar-refractivity contribution is -0.385. The zero-order chi connectivity index (χ0) is 16.5. The third-order valence-electron chi connectivity index (χ3n) is 2.77. The number of halogens is 1. The van der Waals surface area contributed by atoms with Crippen molar-refractivity contribution < 1.29 is 18.1 Å². The van der Waals surface area contributed by atoms with Crippen LogP contribution in [0.15, 0.2) is 56.3 Å². The van der Waals surface area contributed by atoms with E-state index in [0.29, 0.717) is 0 Å². The molecule has 1 aliphatic carbocycles. The fraction of sp³-hybridized carbons (Fsp3) is 0.0769. The van der Waals surface area contributed by atoms with Crippen molar-refractivity contribution in [3.63, 3.8) is 0 Å². The highest BCUT2D eigenvalue weighted by molar-refractivity contribution is 7.90. The van der Waals surface area contributed by atoms with E-state index in [9.17, 15) is 23.3 Å². The molecule has 0 N–H and O–H groups in total. The zero-order valence-electron chi connectivity index (χ0n) is 11.2. The smallest absolute Gasteiger partial charge is 0.283 e. The normalized spacial score (nSPS) is 17.2. The third kappa shape index (κ3) is 3.29. The maximum Gasteiger partial charge on any atom is 0.283 e. The van der Waals surface area contributed by atoms with Gasteiger partial charge >= 0.3 is 0 Å². The van der Waals surface area contributed by atoms with E-state index in [4.69, 9.17) is 11.6 Å². The summed E-state index contributed by atoms with van der Waals surface area (Å²) < 4.78 is 27.9. The predicted octanol–water partition coefficient (Wildman–Crippen LogP) is 2.38. The molecular formula is C13H9ClN2O5S. The molecule has 22 heavy (non-hydrogen) atoms. The minimum absolute atomic E-state index is 0.0198. The van der Waals surface area contributed by atoms with E-state index >= 15 is 0 Å². The van der Waals surface area contributed by atoms with Crippen LogP contribution in [-0.4, -0.2) is 24.8 Å². The summed E-state index contributed by atoms with van der Waals surface area (Å²) in [6.07, 6.45) is 2.41. The van der Waals surface area contributed by atoms with Gasteiger partial charge in [-0.05, 0) is 25.1 Å². The van der Waals surface area contributed by atoms with Gasteiger partial charge in [0.2, 0.25) is 0 Å². The molecule has 0 aliphatic heterocycles. The molecule has 0 atom stereocenters. The SMILES string of the molecule is CC1=CC(=NS(=O)(=O)c2cccc([N+](=O)[O-])c2)C=C(Cl)C1=O. The van der Waals surface area contributed by atoms with Gasteiger partial charge in [0, 0.05) is 17.7 Å². The van der Waals surface area contributed by atoms with Crippen LogP contribution in [0.4, 0.5) is 5.69 Å². The van der Waals surface area contributed by atoms with Crippen molar-refractivity contribution in [1.82, 2.24) is 0 Å². The molecule has 114 valence electrons. The van der Waals surface area contributed by atoms with E-state index in [1.807, 2.05) is 0 Å². The predicted molar refractivity (Wildman–Crippen MR) is 80.4 cm³/mol. The lowest BCUT2D eigenvalue weighted by Crippen LogP contribution is -2.11. The number of hydrogen-bond donors (Lipinski definition) is 0. The van der Waals surface area contributed by atoms with Gasteiger partial charge in [-0.3, -0.25) is 14.9 Å². The average Bonchev–Trinajstić information content (AvgIpc) is 2.44. The summed E-state index contributed by atoms with van der Waals surface area (Å²) in [6.45, 7) is 1.48. The number of hydrogen-bond acceptors (Lipinski definition) is 5. The lowest BCUT2D eigenvalue weighted by Gasteiger charge is -2.07. The Morgan fingerprint density at radius 2 is 1.95 bits per heavy atom. The Balaban J connectivity index is 2.48. The molecule has 0 aromatic heterocycles. The van der Waals surface area contributed by atoms with Gasteiger partial charge in [0.05, 0.1) is 20.6 Å². The van der Waals surface area contributed by atoms with Gasteiger partial charge in [0.15, 0.2) is 5.78 Å². The molecule has 0 heterocycles. The Labute approximate surface area is 130 Å². The molecule has 0 amide bonds. The largest absolute Gasteiger partial charge is 0.288 e. The Morgan fingerprint density at radius 1 is 1.27 bits per heavy atom. The number of Topliss-reactive ketones (excluding diaryl/α,β-unsaturated/α-hetero) is 1. The molecule has 1 aliphatic rings. The molecule has 0 saturated carbocycles. The van der Waals surface area contributed by atoms with E-state index in [-0.39, 0.29) is 26.9 Å². The fourth-order valence-corrected chi connectivity index (χ4v) is 2.98. The standard InChI is InChI=1S/C13H9ClN2O5S/c1-8-5-9(6-12(14)13(8)17)15-22(20,21)11-4-2-3-10(7-11)16(18)19/h2-7H,1H3. The van der Waals surface area contributed by atoms with Crippen LogP contribution in [0.25, 0.3) is 0 Å². The minimum atomic E-state index is -4.16. The average molecular weight is 341 g/mol. The number of non-ortho nitro benzene ring substituents is 1. The zero-order valence-corrected chi connectivity index (χ0v) is 12.8. The molecule has 7 nitrogen and oxygen atoms in total. The van der Waals surface area contributed by atoms with Crippen molar-refractivity contribution in [3.05, 3.63) is 57.1 Å². The fourth-order valence-electron chi connectivity index (χ4n) is 1.71. The second kappa shape index (κ2) is 5.82. The Bertz CT molecular complexity index is 844. The molecule has 0 bridgehead atoms. The first-order valence-corrected chi connectivity index (χ1v) is 7.72. The summed E-state index contributed by atoms with van der Waals surface area (Å²) in [7, 11) is -4.16. The minimum Gasteiger partial charge on any atom is -0.288 e. The van der Waals surface area contributed by atoms with Crippen molar-refractivity contribution in [2.45, 2.75) is 11.8 Å². The topological polar surface area (TPSA) is 107 Å². The molecule has 9 heteroatoms. The molecule has 1 aromatic carbocycles. The van der Waals surface area contributed by atoms with Crippen LogP contribution in [0.2, 0.25) is 0 Å². The van der Waals surface area contributed by atoms with Crippen molar-refractivity contribution in [2.75, 3.05) is 0 Å². The number of nitro benzene ring substituents is 1. The highest BCUT2D eigenvalue weighted by atomic mass is 35.5. The van der Waals surface area contributed by atoms with Gasteiger partial charge in [-0.15, -0.1) is 0 Å². The number of allylic oxidation sites excluding steroid dienone is 4. The van der Waals surface area contributed by atoms with Gasteiger partial charge in [-0.2, -0.15) is 12.8 Å². The molecule has 0 fully saturated rings. The second-order valence-corrected chi connectivity index (χ2v) is 6.41. The highest BCUT2D eigenvalue weighted by Crippen LogP contribution is 2.21. The summed E-state index contributed by atoms with van der Waals surface area (Å²) >= 11 is 5.70. The van der Waals surface area contributed by atoms with Crippen molar-refractivity contribution in [3.8, 4) is 0 Å². The van der Waals surface area contributed by atoms with Crippen molar-refractivity contribution in [2.24, 2.45) is 4.40 Å². The molecule has 2 rings (SSSR count). The van der Waals surface area contributed by atoms with E-state index in [1.165, 1.54) is 31.2 Å². The van der Waals surface area contributed by atoms with E-state index in [2.05, 4.69) is 4.40 Å². The van der Waals surface area contributed by atoms with Gasteiger partial charge in [0.25, 0.3) is 15.7 Å². The highest BCUT2D eigenvalue weighted by Gasteiger charge is 2.20. The Morgan fingerprint density at radius 3 is 2.55 bits per heavy atom. The Hall–Kier alpha value is -2.32. The van der Waals surface area contributed by atoms with E-state index < -0.39 is 20.7 Å². The first kappa shape index (κ1) is 16.1. The van der Waals surface area contributed by atoms with E-state index in [1.54, 1.807) is 0 Å². The maximum absolute atomic E-state index is 12.2. The molecule has 0 unspecified atom stereocenters. The monoisotopic (exact) mass is 340 g/mol. The van der Waals surface area contributed by atoms with Crippen LogP contribution in [0.1, 0.15) is 6.92 Å². The molecular weight excluding hydrogens is 332 g/mol. The number of ketones is 1. The summed E-state index contributed by atoms with van der Waals surface area (Å²) in [4.78, 5) is 21.2. The van der Waals surface area contributed by atoms with Crippen LogP contribution in [0, 0.1) is 10.1 Å². The van der Waals surface area contributed by atoms with Crippen LogP contribution in [0.5, 0.6) is 0 Å². The molecule has 0 spiro atoms. The Kier molecular flexibility index (Phi) is 4.25. The van der Waals surface area contributed by atoms with Crippen LogP contribution in [0.3, 0.4) is 0 Å². The first-order valence-electron chi connectivity index (χ1n) is 5.90. The molecule has 0 saturated heterocycles. The van der Waals surface area contributed by atoms with Gasteiger partial charge in [-0.25, -0.2) is 0 Å². The number of carbonyl (C=O) groups excluding carboxylic acids is 1. The second-order valence-electron chi connectivity index (χ2n) is 4.39. The van der Waals surface area contributed by atoms with Crippen LogP contribution in [-0.2, 0) is 14.8 Å². The molecule has 0 radical (unpaired) electrons. The van der Waals surface area contributed by atoms with Gasteiger partial charge in [0.1, 0.15) is 0 Å². The number of rotatable bonds is 3. The van der Waals surface area contributed by atoms with Gasteiger partial charge < -0.3 is 0 Å². The summed E-state index contributed by atoms with van der Waals surface area (Å²) in [5.74, 6) is -0.409. The number of benzene rings is 1. The third-order valence-corrected chi connectivity index (χ3v) is 4.35. The lowest BCUT2D eigenvalue weighted by atomic mass is 10.1. The first-order chi connectivity index (χ1) is 10.2. The number of carbonyl (C=O) groups is 1. The summed E-state index contributed by atoms with van der Waals surface area (Å²) in [5, 5.41) is 10.5. The molecule has 1 aromatic rings. The maximum atomic E-state index is 12.2. The van der Waals surface area contributed by atoms with Crippen LogP contribution < -0.4 is 0 Å². The van der Waals surface area contributed by atoms with Crippen molar-refractivity contribution >= 4 is 38.8 Å². The summed E-state index contributed by atoms with van der Waals surface area (Å²) in [5.41, 5.74) is -0.130. The van der Waals surface area contributed by atoms with Crippen LogP contribution >= 0.6 is 11.6 Å². The number of nitro groups is 1. The van der Waals surface area contributed by atoms with Crippen molar-refractivity contribution in [1.29, 1.82) is 0 Å². The number of sulfonamides is 1. The quantitative estimate of drug-likeness (QED) is 0.477. The number of nitrogens with zero attached hydrogens (tertiary/aromatic N) is 2. The summed E-state index contributed by atoms with van der Waals surface area (Å²) in [6, 6.07) is 4.53. The van der Waals surface area contributed by atoms with E-state index in [0.717, 1.165) is 12.1 Å². The van der Waals surface area contributed by atoms with Gasteiger partial charge in [-0.1, -0.05) is 17.7 Å².